The minimum atomic E-state index is -1.61. The molecule has 174 valence electrons. The van der Waals surface area contributed by atoms with Crippen molar-refractivity contribution in [1.29, 1.82) is 0 Å². The molecule has 2 heterocycles. The van der Waals surface area contributed by atoms with Gasteiger partial charge < -0.3 is 30.5 Å². The van der Waals surface area contributed by atoms with E-state index in [0.717, 1.165) is 6.07 Å². The Kier molecular flexibility index (Phi) is 5.30. The van der Waals surface area contributed by atoms with Crippen molar-refractivity contribution in [3.63, 3.8) is 0 Å². The summed E-state index contributed by atoms with van der Waals surface area (Å²) in [6.07, 6.45) is 1.26. The minimum Gasteiger partial charge on any atom is -0.478 e. The highest BCUT2D eigenvalue weighted by Gasteiger charge is 2.39. The molecular formula is C21H19F2N3O7. The van der Waals surface area contributed by atoms with Gasteiger partial charge in [0.15, 0.2) is 5.82 Å². The quantitative estimate of drug-likeness (QED) is 0.465. The highest BCUT2D eigenvalue weighted by Crippen LogP contribution is 2.43. The van der Waals surface area contributed by atoms with Crippen LogP contribution in [0.5, 0.6) is 0 Å². The summed E-state index contributed by atoms with van der Waals surface area (Å²) in [5.74, 6) is -7.78. The monoisotopic (exact) mass is 463 g/mol. The number of aromatic carboxylic acids is 1. The van der Waals surface area contributed by atoms with Gasteiger partial charge in [0.2, 0.25) is 5.43 Å². The summed E-state index contributed by atoms with van der Waals surface area (Å²) in [6, 6.07) is 1.07. The predicted octanol–water partition coefficient (Wildman–Crippen LogP) is 1.52. The zero-order valence-electron chi connectivity index (χ0n) is 17.0. The van der Waals surface area contributed by atoms with Crippen LogP contribution in [0.1, 0.15) is 35.7 Å². The lowest BCUT2D eigenvalue weighted by Crippen LogP contribution is -2.32. The Morgan fingerprint density at radius 1 is 1.03 bits per heavy atom. The van der Waals surface area contributed by atoms with Crippen LogP contribution in [0, 0.1) is 17.6 Å². The highest BCUT2D eigenvalue weighted by atomic mass is 19.1. The summed E-state index contributed by atoms with van der Waals surface area (Å²) in [7, 11) is 0. The largest absolute Gasteiger partial charge is 0.478 e. The third-order valence-electron chi connectivity index (χ3n) is 5.97. The van der Waals surface area contributed by atoms with Crippen LogP contribution in [0.2, 0.25) is 0 Å². The smallest absolute Gasteiger partial charge is 0.352 e. The van der Waals surface area contributed by atoms with E-state index in [9.17, 15) is 38.2 Å². The summed E-state index contributed by atoms with van der Waals surface area (Å²) in [5.41, 5.74) is 2.12. The minimum absolute atomic E-state index is 0.0646. The first-order chi connectivity index (χ1) is 15.5. The van der Waals surface area contributed by atoms with Gasteiger partial charge in [-0.05, 0) is 25.3 Å². The molecule has 33 heavy (non-hydrogen) atoms. The molecule has 1 saturated heterocycles. The average molecular weight is 463 g/mol. The van der Waals surface area contributed by atoms with Crippen LogP contribution in [0.4, 0.5) is 14.6 Å². The Morgan fingerprint density at radius 2 is 1.70 bits per heavy atom. The number of aromatic nitrogens is 1. The molecule has 1 saturated carbocycles. The molecule has 4 rings (SSSR count). The summed E-state index contributed by atoms with van der Waals surface area (Å²) in [6.45, 7) is -0.0918. The van der Waals surface area contributed by atoms with Crippen molar-refractivity contribution in [2.75, 3.05) is 18.0 Å². The molecule has 0 spiro atoms. The zero-order valence-corrected chi connectivity index (χ0v) is 17.0. The van der Waals surface area contributed by atoms with Crippen LogP contribution < -0.4 is 16.1 Å². The van der Waals surface area contributed by atoms with E-state index >= 15 is 0 Å². The fraction of sp³-hybridized carbons (Fsp3) is 0.333. The van der Waals surface area contributed by atoms with Gasteiger partial charge in [-0.15, -0.1) is 0 Å². The number of rotatable bonds is 6. The van der Waals surface area contributed by atoms with Crippen molar-refractivity contribution in [2.45, 2.75) is 25.3 Å². The lowest BCUT2D eigenvalue weighted by Gasteiger charge is -2.27. The number of fused-ring (bicyclic) bond motifs is 1. The maximum absolute atomic E-state index is 14.8. The number of halogens is 2. The van der Waals surface area contributed by atoms with Gasteiger partial charge in [0.1, 0.15) is 22.9 Å². The van der Waals surface area contributed by atoms with E-state index in [0.29, 0.717) is 18.9 Å². The van der Waals surface area contributed by atoms with E-state index in [-0.39, 0.29) is 36.9 Å². The van der Waals surface area contributed by atoms with Crippen LogP contribution in [0.3, 0.4) is 0 Å². The molecule has 12 heteroatoms. The van der Waals surface area contributed by atoms with Gasteiger partial charge in [-0.1, -0.05) is 0 Å². The third kappa shape index (κ3) is 3.66. The molecule has 1 atom stereocenters. The SMILES string of the molecule is NC(C(=O)O)=C(C(=O)O)C1CCN(c2c(C(=O)O)c(=O)c3cc(F)cc(F)c3n2C2CC2)C1. The summed E-state index contributed by atoms with van der Waals surface area (Å²) >= 11 is 0. The second kappa shape index (κ2) is 7.87. The highest BCUT2D eigenvalue weighted by molar-refractivity contribution is 6.00. The Labute approximate surface area is 184 Å². The first-order valence-electron chi connectivity index (χ1n) is 10.0. The van der Waals surface area contributed by atoms with Crippen LogP contribution >= 0.6 is 0 Å². The molecule has 5 N–H and O–H groups in total. The van der Waals surface area contributed by atoms with Gasteiger partial charge >= 0.3 is 17.9 Å². The van der Waals surface area contributed by atoms with E-state index in [1.807, 2.05) is 0 Å². The van der Waals surface area contributed by atoms with E-state index in [1.54, 1.807) is 0 Å². The van der Waals surface area contributed by atoms with Crippen molar-refractivity contribution in [1.82, 2.24) is 4.57 Å². The molecule has 2 aromatic rings. The van der Waals surface area contributed by atoms with Gasteiger partial charge in [-0.2, -0.15) is 0 Å². The number of hydrogen-bond donors (Lipinski definition) is 4. The topological polar surface area (TPSA) is 163 Å². The number of nitrogens with zero attached hydrogens (tertiary/aromatic N) is 2. The van der Waals surface area contributed by atoms with E-state index < -0.39 is 63.1 Å². The molecule has 2 fully saturated rings. The van der Waals surface area contributed by atoms with E-state index in [2.05, 4.69) is 0 Å². The van der Waals surface area contributed by atoms with Gasteiger partial charge in [-0.25, -0.2) is 23.2 Å². The van der Waals surface area contributed by atoms with E-state index in [4.69, 9.17) is 10.8 Å². The first kappa shape index (κ1) is 22.2. The Hall–Kier alpha value is -3.96. The van der Waals surface area contributed by atoms with Crippen LogP contribution in [0.25, 0.3) is 10.9 Å². The van der Waals surface area contributed by atoms with Crippen LogP contribution in [-0.4, -0.2) is 50.9 Å². The maximum Gasteiger partial charge on any atom is 0.352 e. The molecule has 1 aromatic heterocycles. The second-order valence-electron chi connectivity index (χ2n) is 8.09. The first-order valence-corrected chi connectivity index (χ1v) is 10.0. The van der Waals surface area contributed by atoms with Crippen LogP contribution in [-0.2, 0) is 9.59 Å². The number of hydrogen-bond acceptors (Lipinski definition) is 6. The van der Waals surface area contributed by atoms with Crippen molar-refractivity contribution in [2.24, 2.45) is 11.7 Å². The fourth-order valence-corrected chi connectivity index (χ4v) is 4.45. The fourth-order valence-electron chi connectivity index (χ4n) is 4.45. The normalized spacial score (nSPS) is 19.0. The second-order valence-corrected chi connectivity index (χ2v) is 8.09. The summed E-state index contributed by atoms with van der Waals surface area (Å²) < 4.78 is 30.1. The number of pyridine rings is 1. The Bertz CT molecular complexity index is 1310. The molecule has 1 aromatic carbocycles. The third-order valence-corrected chi connectivity index (χ3v) is 5.97. The number of benzene rings is 1. The Morgan fingerprint density at radius 3 is 2.24 bits per heavy atom. The van der Waals surface area contributed by atoms with Gasteiger partial charge in [0.05, 0.1) is 16.5 Å². The van der Waals surface area contributed by atoms with Crippen LogP contribution in [0.15, 0.2) is 28.2 Å². The van der Waals surface area contributed by atoms with Gasteiger partial charge in [0.25, 0.3) is 0 Å². The number of carbonyl (C=O) groups is 3. The van der Waals surface area contributed by atoms with Crippen molar-refractivity contribution in [3.8, 4) is 0 Å². The number of nitrogens with two attached hydrogens (primary N) is 1. The molecule has 0 amide bonds. The average Bonchev–Trinajstić information content (AvgIpc) is 3.45. The predicted molar refractivity (Wildman–Crippen MR) is 110 cm³/mol. The number of anilines is 1. The lowest BCUT2D eigenvalue weighted by molar-refractivity contribution is -0.136. The number of carboxylic acid groups (broad SMARTS) is 3. The molecule has 10 nitrogen and oxygen atoms in total. The maximum atomic E-state index is 14.8. The molecule has 0 radical (unpaired) electrons. The molecule has 1 aliphatic carbocycles. The van der Waals surface area contributed by atoms with Crippen molar-refractivity contribution >= 4 is 34.6 Å². The zero-order chi connectivity index (χ0) is 24.2. The summed E-state index contributed by atoms with van der Waals surface area (Å²) in [4.78, 5) is 49.5. The van der Waals surface area contributed by atoms with Crippen molar-refractivity contribution in [3.05, 3.63) is 50.8 Å². The van der Waals surface area contributed by atoms with Gasteiger partial charge in [0, 0.05) is 31.1 Å². The number of aliphatic carboxylic acids is 2. The molecule has 2 aliphatic rings. The molecule has 1 aliphatic heterocycles. The van der Waals surface area contributed by atoms with Gasteiger partial charge in [-0.3, -0.25) is 4.79 Å². The Balaban J connectivity index is 1.94. The molecular weight excluding hydrogens is 444 g/mol. The molecule has 0 bridgehead atoms. The van der Waals surface area contributed by atoms with E-state index in [1.165, 1.54) is 9.47 Å². The number of carboxylic acids is 3. The lowest BCUT2D eigenvalue weighted by atomic mass is 9.96. The van der Waals surface area contributed by atoms with Crippen molar-refractivity contribution < 1.29 is 38.5 Å². The standard InChI is InChI=1S/C21H19F2N3O7/c22-9-5-11-16(12(23)6-9)26(10-1-2-10)18(14(17(11)27)20(30)31)25-4-3-8(7-25)13(19(28)29)15(24)21(32)33/h5-6,8,10H,1-4,7,24H2,(H,28,29)(H,30,31)(H,32,33). The molecule has 1 unspecified atom stereocenters. The summed E-state index contributed by atoms with van der Waals surface area (Å²) in [5, 5.41) is 28.1.